The lowest BCUT2D eigenvalue weighted by molar-refractivity contribution is -0.0147. The van der Waals surface area contributed by atoms with Crippen molar-refractivity contribution in [1.29, 1.82) is 0 Å². The van der Waals surface area contributed by atoms with Gasteiger partial charge in [-0.05, 0) is 29.2 Å². The summed E-state index contributed by atoms with van der Waals surface area (Å²) in [6.45, 7) is 1.26. The van der Waals surface area contributed by atoms with Crippen LogP contribution in [0.4, 0.5) is 4.79 Å². The van der Waals surface area contributed by atoms with Crippen molar-refractivity contribution in [1.82, 2.24) is 4.90 Å². The Morgan fingerprint density at radius 3 is 2.30 bits per heavy atom. The van der Waals surface area contributed by atoms with Gasteiger partial charge in [-0.1, -0.05) is 42.5 Å². The van der Waals surface area contributed by atoms with Crippen LogP contribution in [0.5, 0.6) is 0 Å². The highest BCUT2D eigenvalue weighted by Crippen LogP contribution is 2.39. The highest BCUT2D eigenvalue weighted by atomic mass is 32.2. The summed E-state index contributed by atoms with van der Waals surface area (Å²) in [5.74, 6) is 0. The molecule has 1 aromatic rings. The molecule has 1 N–H and O–H groups in total. The number of allylic oxidation sites excluding steroid dienone is 2. The lowest BCUT2D eigenvalue weighted by Gasteiger charge is -2.39. The number of nitrogens with zero attached hydrogens (tertiary/aromatic N) is 1. The minimum Gasteiger partial charge on any atom is -0.385 e. The zero-order chi connectivity index (χ0) is 14.0. The van der Waals surface area contributed by atoms with E-state index in [0.29, 0.717) is 25.9 Å². The first-order valence-electron chi connectivity index (χ1n) is 6.89. The molecular formula is C16H19NO2S. The van der Waals surface area contributed by atoms with Gasteiger partial charge in [-0.3, -0.25) is 4.79 Å². The van der Waals surface area contributed by atoms with Crippen LogP contribution in [-0.2, 0) is 5.60 Å². The summed E-state index contributed by atoms with van der Waals surface area (Å²) >= 11 is 0. The number of carbonyl (C=O) groups is 1. The summed E-state index contributed by atoms with van der Waals surface area (Å²) < 4.78 is 0. The topological polar surface area (TPSA) is 40.5 Å². The Kier molecular flexibility index (Phi) is 3.68. The number of likely N-dealkylation sites (tertiary alicyclic amines) is 1. The van der Waals surface area contributed by atoms with Crippen LogP contribution in [0.25, 0.3) is 0 Å². The van der Waals surface area contributed by atoms with Gasteiger partial charge < -0.3 is 10.0 Å². The fraction of sp³-hybridized carbons (Fsp3) is 0.312. The van der Waals surface area contributed by atoms with Gasteiger partial charge in [0.1, 0.15) is 0 Å². The summed E-state index contributed by atoms with van der Waals surface area (Å²) in [4.78, 5) is 14.2. The molecule has 0 spiro atoms. The van der Waals surface area contributed by atoms with Crippen LogP contribution >= 0.6 is 10.9 Å². The van der Waals surface area contributed by atoms with Crippen molar-refractivity contribution >= 4 is 16.1 Å². The zero-order valence-corrected chi connectivity index (χ0v) is 12.2. The summed E-state index contributed by atoms with van der Waals surface area (Å²) in [6.07, 6.45) is 5.10. The molecule has 3 nitrogen and oxygen atoms in total. The van der Waals surface area contributed by atoms with E-state index in [1.165, 1.54) is 0 Å². The van der Waals surface area contributed by atoms with Crippen LogP contribution in [0.2, 0.25) is 0 Å². The predicted molar refractivity (Wildman–Crippen MR) is 83.8 cm³/mol. The third-order valence-corrected chi connectivity index (χ3v) is 5.71. The molecule has 4 heteroatoms. The maximum absolute atomic E-state index is 12.3. The summed E-state index contributed by atoms with van der Waals surface area (Å²) in [6, 6.07) is 9.77. The van der Waals surface area contributed by atoms with Crippen molar-refractivity contribution in [3.63, 3.8) is 0 Å². The van der Waals surface area contributed by atoms with Crippen molar-refractivity contribution in [2.24, 2.45) is 0 Å². The fourth-order valence-electron chi connectivity index (χ4n) is 2.73. The number of carbonyl (C=O) groups excluding carboxylic acids is 1. The van der Waals surface area contributed by atoms with Gasteiger partial charge in [0, 0.05) is 13.1 Å². The van der Waals surface area contributed by atoms with Gasteiger partial charge in [-0.15, -0.1) is 10.9 Å². The van der Waals surface area contributed by atoms with Crippen LogP contribution in [0.15, 0.2) is 53.3 Å². The van der Waals surface area contributed by atoms with Crippen LogP contribution in [0.1, 0.15) is 18.4 Å². The lowest BCUT2D eigenvalue weighted by atomic mass is 9.85. The zero-order valence-electron chi connectivity index (χ0n) is 11.3. The van der Waals surface area contributed by atoms with Crippen molar-refractivity contribution in [3.05, 3.63) is 58.9 Å². The Hall–Kier alpha value is -1.52. The van der Waals surface area contributed by atoms with E-state index < -0.39 is 16.5 Å². The smallest absolute Gasteiger partial charge is 0.268 e. The van der Waals surface area contributed by atoms with E-state index in [0.717, 1.165) is 5.56 Å². The summed E-state index contributed by atoms with van der Waals surface area (Å²) in [7, 11) is -0.770. The molecule has 0 bridgehead atoms. The van der Waals surface area contributed by atoms with Gasteiger partial charge in [-0.25, -0.2) is 0 Å². The third kappa shape index (κ3) is 2.53. The quantitative estimate of drug-likeness (QED) is 0.780. The molecular weight excluding hydrogens is 270 g/mol. The Labute approximate surface area is 121 Å². The van der Waals surface area contributed by atoms with E-state index in [2.05, 4.69) is 0 Å². The van der Waals surface area contributed by atoms with Gasteiger partial charge in [0.2, 0.25) is 0 Å². The molecule has 20 heavy (non-hydrogen) atoms. The lowest BCUT2D eigenvalue weighted by Crippen LogP contribution is -2.44. The molecule has 1 amide bonds. The first kappa shape index (κ1) is 13.5. The largest absolute Gasteiger partial charge is 0.385 e. The van der Waals surface area contributed by atoms with E-state index in [1.54, 1.807) is 0 Å². The molecule has 2 heterocycles. The van der Waals surface area contributed by atoms with Crippen molar-refractivity contribution in [2.45, 2.75) is 18.4 Å². The number of rotatable bonds is 1. The monoisotopic (exact) mass is 289 g/mol. The number of hydrogen-bond donors (Lipinski definition) is 2. The van der Waals surface area contributed by atoms with Crippen LogP contribution in [0.3, 0.4) is 0 Å². The molecule has 2 aliphatic rings. The number of piperidine rings is 1. The number of hydrogen-bond acceptors (Lipinski definition) is 2. The SMILES string of the molecule is O=C(N1CCC(O)(c2ccccc2)CC1)[SH]1C=CC=C1. The van der Waals surface area contributed by atoms with E-state index in [4.69, 9.17) is 0 Å². The molecule has 106 valence electrons. The normalized spacial score (nSPS) is 22.2. The molecule has 1 saturated heterocycles. The molecule has 0 aromatic heterocycles. The first-order valence-corrected chi connectivity index (χ1v) is 8.37. The molecule has 0 radical (unpaired) electrons. The molecule has 0 aliphatic carbocycles. The Balaban J connectivity index is 1.66. The average Bonchev–Trinajstić information content (AvgIpc) is 3.02. The van der Waals surface area contributed by atoms with Crippen molar-refractivity contribution in [2.75, 3.05) is 13.1 Å². The number of aliphatic hydroxyl groups is 1. The average molecular weight is 289 g/mol. The Bertz CT molecular complexity index is 533. The molecule has 2 aliphatic heterocycles. The minimum absolute atomic E-state index is 0.208. The molecule has 1 aromatic carbocycles. The van der Waals surface area contributed by atoms with Crippen LogP contribution in [0, 0.1) is 0 Å². The highest BCUT2D eigenvalue weighted by molar-refractivity contribution is 8.34. The van der Waals surface area contributed by atoms with E-state index in [1.807, 2.05) is 58.2 Å². The Morgan fingerprint density at radius 2 is 1.70 bits per heavy atom. The van der Waals surface area contributed by atoms with Gasteiger partial charge >= 0.3 is 0 Å². The van der Waals surface area contributed by atoms with E-state index >= 15 is 0 Å². The molecule has 3 rings (SSSR count). The standard InChI is InChI=1S/C16H19NO2S/c18-15(20-12-4-5-13-20)17-10-8-16(19,9-11-17)14-6-2-1-3-7-14/h1-7,12-13,19-20H,8-11H2. The van der Waals surface area contributed by atoms with Crippen molar-refractivity contribution in [3.8, 4) is 0 Å². The second-order valence-corrected chi connectivity index (χ2v) is 7.05. The number of benzene rings is 1. The highest BCUT2D eigenvalue weighted by Gasteiger charge is 2.35. The first-order chi connectivity index (χ1) is 9.69. The van der Waals surface area contributed by atoms with E-state index in [9.17, 15) is 9.90 Å². The predicted octanol–water partition coefficient (Wildman–Crippen LogP) is 3.13. The number of thiol groups is 1. The van der Waals surface area contributed by atoms with E-state index in [-0.39, 0.29) is 5.24 Å². The minimum atomic E-state index is -0.785. The summed E-state index contributed by atoms with van der Waals surface area (Å²) in [5, 5.41) is 14.9. The molecule has 0 atom stereocenters. The second kappa shape index (κ2) is 5.46. The fourth-order valence-corrected chi connectivity index (χ4v) is 4.18. The maximum Gasteiger partial charge on any atom is 0.268 e. The van der Waals surface area contributed by atoms with Crippen molar-refractivity contribution < 1.29 is 9.90 Å². The summed E-state index contributed by atoms with van der Waals surface area (Å²) in [5.41, 5.74) is 0.172. The Morgan fingerprint density at radius 1 is 1.10 bits per heavy atom. The molecule has 1 fully saturated rings. The van der Waals surface area contributed by atoms with Gasteiger partial charge in [0.05, 0.1) is 5.60 Å². The number of amides is 1. The van der Waals surface area contributed by atoms with Gasteiger partial charge in [0.25, 0.3) is 5.24 Å². The van der Waals surface area contributed by atoms with Crippen LogP contribution in [-0.4, -0.2) is 28.3 Å². The van der Waals surface area contributed by atoms with Gasteiger partial charge in [-0.2, -0.15) is 0 Å². The van der Waals surface area contributed by atoms with Gasteiger partial charge in [0.15, 0.2) is 0 Å². The third-order valence-electron chi connectivity index (χ3n) is 4.00. The van der Waals surface area contributed by atoms with Crippen LogP contribution < -0.4 is 0 Å². The molecule has 0 unspecified atom stereocenters. The second-order valence-electron chi connectivity index (χ2n) is 5.26. The maximum atomic E-state index is 12.3. The molecule has 0 saturated carbocycles.